The predicted octanol–water partition coefficient (Wildman–Crippen LogP) is 2.98. The van der Waals surface area contributed by atoms with Crippen LogP contribution >= 0.6 is 0 Å². The van der Waals surface area contributed by atoms with E-state index in [1.165, 1.54) is 5.56 Å². The summed E-state index contributed by atoms with van der Waals surface area (Å²) in [4.78, 5) is 11.2. The Morgan fingerprint density at radius 3 is 2.56 bits per heavy atom. The Hall–Kier alpha value is -1.57. The number of benzene rings is 1. The van der Waals surface area contributed by atoms with E-state index in [-0.39, 0.29) is 5.97 Å². The highest BCUT2D eigenvalue weighted by Crippen LogP contribution is 2.09. The Morgan fingerprint density at radius 2 is 2.00 bits per heavy atom. The van der Waals surface area contributed by atoms with Gasteiger partial charge < -0.3 is 4.74 Å². The highest BCUT2D eigenvalue weighted by molar-refractivity contribution is 5.86. The zero-order valence-corrected chi connectivity index (χ0v) is 9.90. The van der Waals surface area contributed by atoms with E-state index in [4.69, 9.17) is 4.74 Å². The van der Waals surface area contributed by atoms with E-state index in [1.807, 2.05) is 18.2 Å². The van der Waals surface area contributed by atoms with Crippen molar-refractivity contribution < 1.29 is 9.53 Å². The van der Waals surface area contributed by atoms with E-state index in [9.17, 15) is 4.79 Å². The molecule has 1 unspecified atom stereocenters. The van der Waals surface area contributed by atoms with Crippen LogP contribution in [0.5, 0.6) is 0 Å². The molecule has 0 aliphatic rings. The fourth-order valence-electron chi connectivity index (χ4n) is 1.42. The smallest absolute Gasteiger partial charge is 0.333 e. The standard InChI is InChI=1S/C14H18O2/c1-11(2)14(15)16-10-12(3)9-13-7-5-4-6-8-13/h4-8,12H,1,9-10H2,2-3H3. The second kappa shape index (κ2) is 6.11. The summed E-state index contributed by atoms with van der Waals surface area (Å²) in [5, 5.41) is 0. The van der Waals surface area contributed by atoms with Gasteiger partial charge >= 0.3 is 5.97 Å². The van der Waals surface area contributed by atoms with Gasteiger partial charge in [-0.3, -0.25) is 0 Å². The van der Waals surface area contributed by atoms with Crippen LogP contribution in [0, 0.1) is 5.92 Å². The van der Waals surface area contributed by atoms with Gasteiger partial charge in [0.1, 0.15) is 0 Å². The first-order chi connectivity index (χ1) is 7.59. The topological polar surface area (TPSA) is 26.3 Å². The molecule has 0 saturated heterocycles. The van der Waals surface area contributed by atoms with Crippen LogP contribution in [-0.2, 0) is 16.0 Å². The number of carbonyl (C=O) groups is 1. The van der Waals surface area contributed by atoms with Crippen molar-refractivity contribution in [3.63, 3.8) is 0 Å². The molecule has 0 bridgehead atoms. The van der Waals surface area contributed by atoms with Gasteiger partial charge in [0, 0.05) is 5.57 Å². The van der Waals surface area contributed by atoms with Crippen molar-refractivity contribution in [3.05, 3.63) is 48.0 Å². The normalized spacial score (nSPS) is 11.9. The molecule has 2 nitrogen and oxygen atoms in total. The lowest BCUT2D eigenvalue weighted by molar-refractivity contribution is -0.140. The number of rotatable bonds is 5. The number of hydrogen-bond acceptors (Lipinski definition) is 2. The second-order valence-corrected chi connectivity index (χ2v) is 4.17. The molecule has 0 fully saturated rings. The van der Waals surface area contributed by atoms with E-state index in [1.54, 1.807) is 6.92 Å². The second-order valence-electron chi connectivity index (χ2n) is 4.17. The van der Waals surface area contributed by atoms with Gasteiger partial charge in [0.05, 0.1) is 6.61 Å². The van der Waals surface area contributed by atoms with Gasteiger partial charge in [0.2, 0.25) is 0 Å². The van der Waals surface area contributed by atoms with Crippen molar-refractivity contribution in [2.45, 2.75) is 20.3 Å². The fraction of sp³-hybridized carbons (Fsp3) is 0.357. The lowest BCUT2D eigenvalue weighted by Gasteiger charge is -2.12. The lowest BCUT2D eigenvalue weighted by atomic mass is 10.0. The van der Waals surface area contributed by atoms with E-state index < -0.39 is 0 Å². The minimum Gasteiger partial charge on any atom is -0.462 e. The van der Waals surface area contributed by atoms with Gasteiger partial charge in [-0.2, -0.15) is 0 Å². The molecule has 16 heavy (non-hydrogen) atoms. The molecular weight excluding hydrogens is 200 g/mol. The zero-order valence-electron chi connectivity index (χ0n) is 9.90. The van der Waals surface area contributed by atoms with Gasteiger partial charge in [0.15, 0.2) is 0 Å². The van der Waals surface area contributed by atoms with Crippen molar-refractivity contribution in [3.8, 4) is 0 Å². The van der Waals surface area contributed by atoms with Crippen molar-refractivity contribution in [2.24, 2.45) is 5.92 Å². The van der Waals surface area contributed by atoms with Gasteiger partial charge in [-0.05, 0) is 24.8 Å². The van der Waals surface area contributed by atoms with Gasteiger partial charge in [-0.1, -0.05) is 43.8 Å². The van der Waals surface area contributed by atoms with Gasteiger partial charge in [-0.15, -0.1) is 0 Å². The monoisotopic (exact) mass is 218 g/mol. The Morgan fingerprint density at radius 1 is 1.38 bits per heavy atom. The largest absolute Gasteiger partial charge is 0.462 e. The number of hydrogen-bond donors (Lipinski definition) is 0. The minimum atomic E-state index is -0.306. The first kappa shape index (κ1) is 12.5. The molecule has 2 heteroatoms. The van der Waals surface area contributed by atoms with Gasteiger partial charge in [0.25, 0.3) is 0 Å². The molecule has 0 amide bonds. The molecule has 0 N–H and O–H groups in total. The number of ether oxygens (including phenoxy) is 1. The van der Waals surface area contributed by atoms with Gasteiger partial charge in [-0.25, -0.2) is 4.79 Å². The summed E-state index contributed by atoms with van der Waals surface area (Å²) in [7, 11) is 0. The average molecular weight is 218 g/mol. The van der Waals surface area contributed by atoms with Crippen LogP contribution in [0.15, 0.2) is 42.5 Å². The molecule has 0 spiro atoms. The molecular formula is C14H18O2. The summed E-state index contributed by atoms with van der Waals surface area (Å²) >= 11 is 0. The van der Waals surface area contributed by atoms with Crippen LogP contribution in [-0.4, -0.2) is 12.6 Å². The molecule has 1 aromatic carbocycles. The Balaban J connectivity index is 2.34. The fourth-order valence-corrected chi connectivity index (χ4v) is 1.42. The van der Waals surface area contributed by atoms with Crippen molar-refractivity contribution >= 4 is 5.97 Å². The summed E-state index contributed by atoms with van der Waals surface area (Å²) in [6.07, 6.45) is 0.921. The minimum absolute atomic E-state index is 0.306. The van der Waals surface area contributed by atoms with Crippen LogP contribution in [0.4, 0.5) is 0 Å². The Bertz CT molecular complexity index is 354. The van der Waals surface area contributed by atoms with E-state index in [0.29, 0.717) is 18.1 Å². The molecule has 86 valence electrons. The van der Waals surface area contributed by atoms with E-state index >= 15 is 0 Å². The Labute approximate surface area is 96.9 Å². The van der Waals surface area contributed by atoms with Crippen LogP contribution in [0.1, 0.15) is 19.4 Å². The maximum atomic E-state index is 11.2. The summed E-state index contributed by atoms with van der Waals surface area (Å²) in [6.45, 7) is 7.71. The maximum Gasteiger partial charge on any atom is 0.333 e. The molecule has 0 heterocycles. The van der Waals surface area contributed by atoms with Crippen LogP contribution in [0.25, 0.3) is 0 Å². The van der Waals surface area contributed by atoms with E-state index in [0.717, 1.165) is 6.42 Å². The SMILES string of the molecule is C=C(C)C(=O)OCC(C)Cc1ccccc1. The van der Waals surface area contributed by atoms with Crippen LogP contribution in [0.3, 0.4) is 0 Å². The summed E-state index contributed by atoms with van der Waals surface area (Å²) in [6, 6.07) is 10.2. The lowest BCUT2D eigenvalue weighted by Crippen LogP contribution is -2.14. The third kappa shape index (κ3) is 4.30. The van der Waals surface area contributed by atoms with Crippen LogP contribution in [0.2, 0.25) is 0 Å². The predicted molar refractivity (Wildman–Crippen MR) is 65.1 cm³/mol. The molecule has 1 rings (SSSR count). The highest BCUT2D eigenvalue weighted by Gasteiger charge is 2.08. The molecule has 0 saturated carbocycles. The average Bonchev–Trinajstić information content (AvgIpc) is 2.27. The third-order valence-corrected chi connectivity index (χ3v) is 2.27. The molecule has 1 atom stereocenters. The van der Waals surface area contributed by atoms with E-state index in [2.05, 4.69) is 25.6 Å². The number of carbonyl (C=O) groups excluding carboxylic acids is 1. The van der Waals surface area contributed by atoms with Crippen molar-refractivity contribution in [2.75, 3.05) is 6.61 Å². The molecule has 0 aliphatic carbocycles. The van der Waals surface area contributed by atoms with Crippen molar-refractivity contribution in [1.29, 1.82) is 0 Å². The molecule has 0 aromatic heterocycles. The quantitative estimate of drug-likeness (QED) is 0.561. The maximum absolute atomic E-state index is 11.2. The number of esters is 1. The molecule has 0 aliphatic heterocycles. The first-order valence-corrected chi connectivity index (χ1v) is 5.46. The summed E-state index contributed by atoms with van der Waals surface area (Å²) < 4.78 is 5.10. The first-order valence-electron chi connectivity index (χ1n) is 5.46. The molecule has 1 aromatic rings. The Kier molecular flexibility index (Phi) is 4.77. The molecule has 0 radical (unpaired) electrons. The summed E-state index contributed by atoms with van der Waals surface area (Å²) in [5.74, 6) is 0.0191. The zero-order chi connectivity index (χ0) is 12.0. The third-order valence-electron chi connectivity index (χ3n) is 2.27. The summed E-state index contributed by atoms with van der Waals surface area (Å²) in [5.41, 5.74) is 1.72. The van der Waals surface area contributed by atoms with Crippen LogP contribution < -0.4 is 0 Å². The van der Waals surface area contributed by atoms with Crippen molar-refractivity contribution in [1.82, 2.24) is 0 Å². The highest BCUT2D eigenvalue weighted by atomic mass is 16.5.